The second kappa shape index (κ2) is 7.77. The summed E-state index contributed by atoms with van der Waals surface area (Å²) >= 11 is 3.54. The molecular weight excluding hydrogens is 292 g/mol. The van der Waals surface area contributed by atoms with Gasteiger partial charge in [-0.1, -0.05) is 12.1 Å². The van der Waals surface area contributed by atoms with Gasteiger partial charge >= 0.3 is 0 Å². The van der Waals surface area contributed by atoms with Gasteiger partial charge in [-0.05, 0) is 61.4 Å². The third kappa shape index (κ3) is 5.38. The summed E-state index contributed by atoms with van der Waals surface area (Å²) in [5.41, 5.74) is 7.03. The molecule has 0 fully saturated rings. The summed E-state index contributed by atoms with van der Waals surface area (Å²) in [4.78, 5) is 2.16. The largest absolute Gasteiger partial charge is 0.492 e. The number of para-hydroxylation sites is 1. The first kappa shape index (κ1) is 15.5. The lowest BCUT2D eigenvalue weighted by molar-refractivity contribution is 0.278. The Morgan fingerprint density at radius 3 is 2.72 bits per heavy atom. The van der Waals surface area contributed by atoms with Gasteiger partial charge in [-0.3, -0.25) is 0 Å². The summed E-state index contributed by atoms with van der Waals surface area (Å²) in [7, 11) is 4.14. The van der Waals surface area contributed by atoms with Gasteiger partial charge in [0.2, 0.25) is 0 Å². The van der Waals surface area contributed by atoms with Gasteiger partial charge in [-0.2, -0.15) is 0 Å². The van der Waals surface area contributed by atoms with Gasteiger partial charge in [0.15, 0.2) is 0 Å². The van der Waals surface area contributed by atoms with E-state index in [0.29, 0.717) is 0 Å². The molecule has 0 aliphatic rings. The molecule has 0 saturated carbocycles. The van der Waals surface area contributed by atoms with Gasteiger partial charge in [-0.25, -0.2) is 0 Å². The minimum atomic E-state index is 0.142. The first-order chi connectivity index (χ1) is 8.50. The van der Waals surface area contributed by atoms with E-state index in [9.17, 15) is 0 Å². The first-order valence-corrected chi connectivity index (χ1v) is 7.10. The molecule has 2 N–H and O–H groups in total. The van der Waals surface area contributed by atoms with Crippen molar-refractivity contribution < 1.29 is 4.74 Å². The third-order valence-electron chi connectivity index (χ3n) is 2.59. The quantitative estimate of drug-likeness (QED) is 0.786. The Morgan fingerprint density at radius 1 is 1.39 bits per heavy atom. The van der Waals surface area contributed by atoms with Crippen LogP contribution in [0.25, 0.3) is 0 Å². The minimum Gasteiger partial charge on any atom is -0.492 e. The minimum absolute atomic E-state index is 0.142. The number of hydrogen-bond acceptors (Lipinski definition) is 3. The maximum absolute atomic E-state index is 5.89. The first-order valence-electron chi connectivity index (χ1n) is 6.31. The molecule has 0 amide bonds. The molecule has 0 spiro atoms. The van der Waals surface area contributed by atoms with Crippen LogP contribution < -0.4 is 10.5 Å². The maximum atomic E-state index is 5.89. The molecule has 1 atom stereocenters. The summed E-state index contributed by atoms with van der Waals surface area (Å²) in [6.45, 7) is 3.77. The summed E-state index contributed by atoms with van der Waals surface area (Å²) < 4.78 is 6.90. The van der Waals surface area contributed by atoms with Crippen LogP contribution in [0.15, 0.2) is 22.7 Å². The second-order valence-corrected chi connectivity index (χ2v) is 5.77. The number of benzene rings is 1. The normalized spacial score (nSPS) is 12.8. The summed E-state index contributed by atoms with van der Waals surface area (Å²) in [6, 6.07) is 6.25. The molecule has 0 heterocycles. The predicted molar refractivity (Wildman–Crippen MR) is 80.2 cm³/mol. The average Bonchev–Trinajstić information content (AvgIpc) is 2.26. The molecule has 0 radical (unpaired) electrons. The van der Waals surface area contributed by atoms with Crippen molar-refractivity contribution in [2.24, 2.45) is 5.73 Å². The highest BCUT2D eigenvalue weighted by Gasteiger charge is 2.09. The van der Waals surface area contributed by atoms with Crippen LogP contribution in [-0.2, 0) is 6.42 Å². The third-order valence-corrected chi connectivity index (χ3v) is 3.21. The summed E-state index contributed by atoms with van der Waals surface area (Å²) in [5, 5.41) is 0. The number of rotatable bonds is 7. The van der Waals surface area contributed by atoms with Crippen LogP contribution in [0.1, 0.15) is 18.9 Å². The molecule has 0 bridgehead atoms. The van der Waals surface area contributed by atoms with E-state index in [1.54, 1.807) is 0 Å². The van der Waals surface area contributed by atoms with E-state index >= 15 is 0 Å². The van der Waals surface area contributed by atoms with Crippen LogP contribution in [0.2, 0.25) is 0 Å². The van der Waals surface area contributed by atoms with Crippen molar-refractivity contribution in [3.05, 3.63) is 28.2 Å². The van der Waals surface area contributed by atoms with Crippen molar-refractivity contribution in [1.82, 2.24) is 4.90 Å². The molecule has 3 nitrogen and oxygen atoms in total. The molecule has 1 unspecified atom stereocenters. The van der Waals surface area contributed by atoms with Crippen molar-refractivity contribution in [1.29, 1.82) is 0 Å². The highest BCUT2D eigenvalue weighted by Crippen LogP contribution is 2.29. The van der Waals surface area contributed by atoms with Crippen molar-refractivity contribution in [3.63, 3.8) is 0 Å². The number of halogens is 1. The number of ether oxygens (including phenoxy) is 1. The Bertz CT molecular complexity index is 367. The van der Waals surface area contributed by atoms with Gasteiger partial charge < -0.3 is 15.4 Å². The van der Waals surface area contributed by atoms with Gasteiger partial charge in [0.05, 0.1) is 11.1 Å². The second-order valence-electron chi connectivity index (χ2n) is 4.91. The molecule has 4 heteroatoms. The molecule has 0 aromatic heterocycles. The molecular formula is C14H23BrN2O. The molecule has 102 valence electrons. The van der Waals surface area contributed by atoms with Crippen LogP contribution >= 0.6 is 15.9 Å². The van der Waals surface area contributed by atoms with Crippen LogP contribution in [-0.4, -0.2) is 38.2 Å². The Hall–Kier alpha value is -0.580. The van der Waals surface area contributed by atoms with E-state index in [-0.39, 0.29) is 6.04 Å². The van der Waals surface area contributed by atoms with E-state index in [0.717, 1.165) is 36.2 Å². The van der Waals surface area contributed by atoms with Gasteiger partial charge in [-0.15, -0.1) is 0 Å². The molecule has 0 aliphatic carbocycles. The smallest absolute Gasteiger partial charge is 0.136 e. The lowest BCUT2D eigenvalue weighted by Gasteiger charge is -2.15. The van der Waals surface area contributed by atoms with Crippen molar-refractivity contribution in [2.75, 3.05) is 27.2 Å². The number of nitrogens with two attached hydrogens (primary N) is 1. The fraction of sp³-hybridized carbons (Fsp3) is 0.571. The topological polar surface area (TPSA) is 38.5 Å². The zero-order chi connectivity index (χ0) is 13.5. The van der Waals surface area contributed by atoms with E-state index in [1.807, 2.05) is 19.1 Å². The number of nitrogens with zero attached hydrogens (tertiary/aromatic N) is 1. The summed E-state index contributed by atoms with van der Waals surface area (Å²) in [5.74, 6) is 0.938. The Labute approximate surface area is 118 Å². The fourth-order valence-electron chi connectivity index (χ4n) is 1.78. The Kier molecular flexibility index (Phi) is 6.68. The van der Waals surface area contributed by atoms with Gasteiger partial charge in [0.1, 0.15) is 5.75 Å². The standard InChI is InChI=1S/C14H23BrN2O/c1-11(16)10-12-6-4-7-13(15)14(12)18-9-5-8-17(2)3/h4,6-7,11H,5,8-10,16H2,1-3H3. The molecule has 1 rings (SSSR count). The van der Waals surface area contributed by atoms with E-state index in [4.69, 9.17) is 10.5 Å². The average molecular weight is 315 g/mol. The van der Waals surface area contributed by atoms with E-state index in [1.165, 1.54) is 5.56 Å². The highest BCUT2D eigenvalue weighted by molar-refractivity contribution is 9.10. The SMILES string of the molecule is CC(N)Cc1cccc(Br)c1OCCCN(C)C. The Morgan fingerprint density at radius 2 is 2.11 bits per heavy atom. The van der Waals surface area contributed by atoms with Crippen LogP contribution in [0.4, 0.5) is 0 Å². The fourth-order valence-corrected chi connectivity index (χ4v) is 2.30. The monoisotopic (exact) mass is 314 g/mol. The van der Waals surface area contributed by atoms with E-state index < -0.39 is 0 Å². The molecule has 18 heavy (non-hydrogen) atoms. The lowest BCUT2D eigenvalue weighted by Crippen LogP contribution is -2.19. The predicted octanol–water partition coefficient (Wildman–Crippen LogP) is 2.67. The van der Waals surface area contributed by atoms with Crippen LogP contribution in [0.3, 0.4) is 0 Å². The molecule has 0 aliphatic heterocycles. The van der Waals surface area contributed by atoms with E-state index in [2.05, 4.69) is 41.0 Å². The van der Waals surface area contributed by atoms with Crippen LogP contribution in [0, 0.1) is 0 Å². The lowest BCUT2D eigenvalue weighted by atomic mass is 10.1. The van der Waals surface area contributed by atoms with Crippen LogP contribution in [0.5, 0.6) is 5.75 Å². The van der Waals surface area contributed by atoms with Gasteiger partial charge in [0.25, 0.3) is 0 Å². The molecule has 0 saturated heterocycles. The maximum Gasteiger partial charge on any atom is 0.136 e. The summed E-state index contributed by atoms with van der Waals surface area (Å²) in [6.07, 6.45) is 1.86. The van der Waals surface area contributed by atoms with Crippen molar-refractivity contribution in [3.8, 4) is 5.75 Å². The zero-order valence-electron chi connectivity index (χ0n) is 11.4. The molecule has 1 aromatic rings. The Balaban J connectivity index is 2.62. The van der Waals surface area contributed by atoms with Crippen molar-refractivity contribution >= 4 is 15.9 Å². The van der Waals surface area contributed by atoms with Gasteiger partial charge in [0, 0.05) is 12.6 Å². The number of hydrogen-bond donors (Lipinski definition) is 1. The molecule has 1 aromatic carbocycles. The highest BCUT2D eigenvalue weighted by atomic mass is 79.9. The van der Waals surface area contributed by atoms with Crippen molar-refractivity contribution in [2.45, 2.75) is 25.8 Å². The zero-order valence-corrected chi connectivity index (χ0v) is 13.0.